The summed E-state index contributed by atoms with van der Waals surface area (Å²) in [6.07, 6.45) is 0. The first-order chi connectivity index (χ1) is 8.52. The molecule has 2 unspecified atom stereocenters. The van der Waals surface area contributed by atoms with E-state index in [0.717, 1.165) is 0 Å². The summed E-state index contributed by atoms with van der Waals surface area (Å²) in [7, 11) is 0. The van der Waals surface area contributed by atoms with E-state index in [1.54, 1.807) is 19.1 Å². The molecule has 0 aliphatic heterocycles. The summed E-state index contributed by atoms with van der Waals surface area (Å²) in [6.45, 7) is 4.17. The van der Waals surface area contributed by atoms with Crippen LogP contribution in [0.1, 0.15) is 13.8 Å². The van der Waals surface area contributed by atoms with Crippen LogP contribution in [0.2, 0.25) is 0 Å². The number of benzene rings is 1. The number of carbonyl (C=O) groups excluding carboxylic acids is 1. The van der Waals surface area contributed by atoms with Gasteiger partial charge in [0, 0.05) is 18.5 Å². The molecule has 0 fully saturated rings. The number of hydrogen-bond acceptors (Lipinski definition) is 3. The molecular weight excluding hydrogens is 271 g/mol. The second-order valence-electron chi connectivity index (χ2n) is 4.31. The molecule has 0 aromatic heterocycles. The first kappa shape index (κ1) is 17.7. The highest BCUT2D eigenvalue weighted by Gasteiger charge is 2.13. The zero-order valence-electron chi connectivity index (χ0n) is 11.1. The average molecular weight is 291 g/mol. The van der Waals surface area contributed by atoms with E-state index < -0.39 is 0 Å². The van der Waals surface area contributed by atoms with Gasteiger partial charge in [-0.1, -0.05) is 13.0 Å². The number of amides is 1. The van der Waals surface area contributed by atoms with Crippen molar-refractivity contribution in [1.29, 1.82) is 0 Å². The molecule has 1 aromatic rings. The van der Waals surface area contributed by atoms with E-state index in [4.69, 9.17) is 10.5 Å². The number of hydrogen-bond donors (Lipinski definition) is 2. The van der Waals surface area contributed by atoms with Gasteiger partial charge < -0.3 is 15.8 Å². The smallest absolute Gasteiger partial charge is 0.224 e. The number of rotatable bonds is 6. The van der Waals surface area contributed by atoms with Gasteiger partial charge in [-0.2, -0.15) is 0 Å². The molecule has 0 aliphatic rings. The van der Waals surface area contributed by atoms with Crippen LogP contribution in [0, 0.1) is 11.7 Å². The van der Waals surface area contributed by atoms with Crippen molar-refractivity contribution in [2.75, 3.05) is 13.2 Å². The van der Waals surface area contributed by atoms with Gasteiger partial charge >= 0.3 is 0 Å². The normalized spacial score (nSPS) is 13.1. The second kappa shape index (κ2) is 8.72. The lowest BCUT2D eigenvalue weighted by atomic mass is 10.1. The summed E-state index contributed by atoms with van der Waals surface area (Å²) in [4.78, 5) is 11.5. The van der Waals surface area contributed by atoms with E-state index in [2.05, 4.69) is 5.32 Å². The number of nitrogens with two attached hydrogens (primary N) is 1. The van der Waals surface area contributed by atoms with Crippen LogP contribution < -0.4 is 15.8 Å². The molecule has 4 nitrogen and oxygen atoms in total. The molecule has 0 bridgehead atoms. The summed E-state index contributed by atoms with van der Waals surface area (Å²) in [5.41, 5.74) is 5.40. The molecule has 0 radical (unpaired) electrons. The molecule has 0 aliphatic carbocycles. The minimum atomic E-state index is -0.346. The zero-order chi connectivity index (χ0) is 13.5. The summed E-state index contributed by atoms with van der Waals surface area (Å²) in [5, 5.41) is 2.78. The van der Waals surface area contributed by atoms with E-state index in [1.165, 1.54) is 12.1 Å². The highest BCUT2D eigenvalue weighted by Crippen LogP contribution is 2.12. The van der Waals surface area contributed by atoms with Crippen molar-refractivity contribution in [3.8, 4) is 5.75 Å². The zero-order valence-corrected chi connectivity index (χ0v) is 11.9. The minimum Gasteiger partial charge on any atom is -0.491 e. The molecule has 1 amide bonds. The predicted octanol–water partition coefficient (Wildman–Crippen LogP) is 1.73. The quantitative estimate of drug-likeness (QED) is 0.838. The van der Waals surface area contributed by atoms with E-state index in [1.807, 2.05) is 6.92 Å². The molecule has 6 heteroatoms. The van der Waals surface area contributed by atoms with Crippen molar-refractivity contribution in [1.82, 2.24) is 5.32 Å². The lowest BCUT2D eigenvalue weighted by Crippen LogP contribution is -2.41. The fourth-order valence-electron chi connectivity index (χ4n) is 1.31. The maximum atomic E-state index is 12.9. The predicted molar refractivity (Wildman–Crippen MR) is 75.0 cm³/mol. The van der Waals surface area contributed by atoms with Crippen LogP contribution in [-0.4, -0.2) is 25.1 Å². The Hall–Kier alpha value is -1.33. The van der Waals surface area contributed by atoms with Gasteiger partial charge in [0.1, 0.15) is 18.2 Å². The van der Waals surface area contributed by atoms with Crippen molar-refractivity contribution >= 4 is 18.3 Å². The van der Waals surface area contributed by atoms with Gasteiger partial charge in [-0.15, -0.1) is 12.4 Å². The van der Waals surface area contributed by atoms with E-state index >= 15 is 0 Å². The standard InChI is InChI=1S/C13H19FN2O2.ClH/c1-9(7-15)13(17)16-10(2)8-18-12-5-3-4-11(14)6-12;/h3-6,9-10H,7-8,15H2,1-2H3,(H,16,17);1H. The monoisotopic (exact) mass is 290 g/mol. The van der Waals surface area contributed by atoms with Gasteiger partial charge in [0.15, 0.2) is 0 Å². The van der Waals surface area contributed by atoms with Crippen LogP contribution >= 0.6 is 12.4 Å². The molecule has 3 N–H and O–H groups in total. The lowest BCUT2D eigenvalue weighted by Gasteiger charge is -2.17. The number of halogens is 2. The van der Waals surface area contributed by atoms with Crippen LogP contribution in [0.15, 0.2) is 24.3 Å². The Kier molecular flexibility index (Phi) is 8.11. The van der Waals surface area contributed by atoms with Crippen molar-refractivity contribution in [2.24, 2.45) is 11.7 Å². The molecule has 0 spiro atoms. The van der Waals surface area contributed by atoms with Crippen LogP contribution in [0.5, 0.6) is 5.75 Å². The third-order valence-corrected chi connectivity index (χ3v) is 2.49. The molecule has 19 heavy (non-hydrogen) atoms. The second-order valence-corrected chi connectivity index (χ2v) is 4.31. The third kappa shape index (κ3) is 6.40. The molecule has 0 heterocycles. The average Bonchev–Trinajstić information content (AvgIpc) is 2.35. The molecule has 2 atom stereocenters. The summed E-state index contributed by atoms with van der Waals surface area (Å²) in [6, 6.07) is 5.73. The Labute approximate surface area is 118 Å². The minimum absolute atomic E-state index is 0. The van der Waals surface area contributed by atoms with Crippen LogP contribution in [0.25, 0.3) is 0 Å². The highest BCUT2D eigenvalue weighted by molar-refractivity contribution is 5.85. The molecule has 0 saturated heterocycles. The van der Waals surface area contributed by atoms with Gasteiger partial charge in [0.25, 0.3) is 0 Å². The third-order valence-electron chi connectivity index (χ3n) is 2.49. The van der Waals surface area contributed by atoms with Crippen molar-refractivity contribution < 1.29 is 13.9 Å². The molecule has 0 saturated carbocycles. The Morgan fingerprint density at radius 1 is 1.47 bits per heavy atom. The molecule has 108 valence electrons. The lowest BCUT2D eigenvalue weighted by molar-refractivity contribution is -0.125. The van der Waals surface area contributed by atoms with Gasteiger partial charge in [-0.25, -0.2) is 4.39 Å². The van der Waals surface area contributed by atoms with E-state index in [0.29, 0.717) is 12.3 Å². The Bertz CT molecular complexity index is 404. The Morgan fingerprint density at radius 3 is 2.74 bits per heavy atom. The molecule has 1 aromatic carbocycles. The van der Waals surface area contributed by atoms with E-state index in [-0.39, 0.29) is 42.7 Å². The topological polar surface area (TPSA) is 64.3 Å². The first-order valence-electron chi connectivity index (χ1n) is 5.91. The largest absolute Gasteiger partial charge is 0.491 e. The summed E-state index contributed by atoms with van der Waals surface area (Å²) < 4.78 is 18.3. The van der Waals surface area contributed by atoms with E-state index in [9.17, 15) is 9.18 Å². The van der Waals surface area contributed by atoms with Crippen molar-refractivity contribution in [2.45, 2.75) is 19.9 Å². The fraction of sp³-hybridized carbons (Fsp3) is 0.462. The number of carbonyl (C=O) groups is 1. The maximum Gasteiger partial charge on any atom is 0.224 e. The van der Waals surface area contributed by atoms with Gasteiger partial charge in [0.05, 0.1) is 6.04 Å². The molecular formula is C13H20ClFN2O2. The fourth-order valence-corrected chi connectivity index (χ4v) is 1.31. The van der Waals surface area contributed by atoms with Crippen molar-refractivity contribution in [3.05, 3.63) is 30.1 Å². The Balaban J connectivity index is 0.00000324. The van der Waals surface area contributed by atoms with Gasteiger partial charge in [-0.3, -0.25) is 4.79 Å². The maximum absolute atomic E-state index is 12.9. The highest BCUT2D eigenvalue weighted by atomic mass is 35.5. The number of nitrogens with one attached hydrogen (secondary N) is 1. The van der Waals surface area contributed by atoms with Gasteiger partial charge in [0.2, 0.25) is 5.91 Å². The first-order valence-corrected chi connectivity index (χ1v) is 5.91. The summed E-state index contributed by atoms with van der Waals surface area (Å²) >= 11 is 0. The van der Waals surface area contributed by atoms with Crippen LogP contribution in [-0.2, 0) is 4.79 Å². The molecule has 1 rings (SSSR count). The van der Waals surface area contributed by atoms with Crippen molar-refractivity contribution in [3.63, 3.8) is 0 Å². The van der Waals surface area contributed by atoms with Crippen LogP contribution in [0.3, 0.4) is 0 Å². The van der Waals surface area contributed by atoms with Gasteiger partial charge in [-0.05, 0) is 19.1 Å². The number of ether oxygens (including phenoxy) is 1. The Morgan fingerprint density at radius 2 is 2.16 bits per heavy atom. The van der Waals surface area contributed by atoms with Crippen LogP contribution in [0.4, 0.5) is 4.39 Å². The summed E-state index contributed by atoms with van der Waals surface area (Å²) in [5.74, 6) is -0.224. The SMILES string of the molecule is CC(COc1cccc(F)c1)NC(=O)C(C)CN.Cl.